The highest BCUT2D eigenvalue weighted by molar-refractivity contribution is 7.89. The molecule has 3 rings (SSSR count). The summed E-state index contributed by atoms with van der Waals surface area (Å²) in [7, 11) is -4.30. The lowest BCUT2D eigenvalue weighted by Gasteiger charge is -2.32. The summed E-state index contributed by atoms with van der Waals surface area (Å²) in [6.45, 7) is 1.78. The van der Waals surface area contributed by atoms with Crippen molar-refractivity contribution < 1.29 is 26.0 Å². The van der Waals surface area contributed by atoms with Gasteiger partial charge >= 0.3 is 0 Å². The molecule has 146 valence electrons. The Bertz CT molecular complexity index is 912. The summed E-state index contributed by atoms with van der Waals surface area (Å²) in [6.07, 6.45) is 0.956. The first-order valence-corrected chi connectivity index (χ1v) is 9.87. The zero-order chi connectivity index (χ0) is 19.6. The molecule has 0 aromatic heterocycles. The zero-order valence-corrected chi connectivity index (χ0v) is 15.1. The van der Waals surface area contributed by atoms with E-state index in [0.717, 1.165) is 5.56 Å². The predicted octanol–water partition coefficient (Wildman–Crippen LogP) is 3.19. The van der Waals surface area contributed by atoms with Crippen molar-refractivity contribution in [1.29, 1.82) is 0 Å². The molecule has 4 nitrogen and oxygen atoms in total. The SMILES string of the molecule is O=S(=O)(NC1CCN(Cc2ccc(F)cc2)CC1)c1ccc(F)c(F)c1F. The summed E-state index contributed by atoms with van der Waals surface area (Å²) in [5.74, 6) is -5.29. The molecule has 2 aromatic rings. The van der Waals surface area contributed by atoms with Crippen LogP contribution < -0.4 is 4.72 Å². The Morgan fingerprint density at radius 3 is 2.19 bits per heavy atom. The van der Waals surface area contributed by atoms with Gasteiger partial charge in [-0.05, 0) is 42.7 Å². The Kier molecular flexibility index (Phi) is 5.83. The molecular formula is C18H18F4N2O2S. The van der Waals surface area contributed by atoms with Crippen LogP contribution in [0.4, 0.5) is 17.6 Å². The molecule has 1 heterocycles. The lowest BCUT2D eigenvalue weighted by atomic mass is 10.1. The van der Waals surface area contributed by atoms with E-state index >= 15 is 0 Å². The van der Waals surface area contributed by atoms with Gasteiger partial charge in [-0.25, -0.2) is 30.7 Å². The summed E-state index contributed by atoms with van der Waals surface area (Å²) in [5, 5.41) is 0. The van der Waals surface area contributed by atoms with Gasteiger partial charge in [0, 0.05) is 25.7 Å². The predicted molar refractivity (Wildman–Crippen MR) is 91.3 cm³/mol. The highest BCUT2D eigenvalue weighted by Crippen LogP contribution is 2.21. The number of sulfonamides is 1. The topological polar surface area (TPSA) is 49.4 Å². The normalized spacial score (nSPS) is 16.6. The molecule has 1 N–H and O–H groups in total. The van der Waals surface area contributed by atoms with E-state index in [1.165, 1.54) is 12.1 Å². The smallest absolute Gasteiger partial charge is 0.243 e. The molecule has 0 spiro atoms. The molecule has 1 saturated heterocycles. The molecule has 0 saturated carbocycles. The molecule has 1 fully saturated rings. The van der Waals surface area contributed by atoms with Gasteiger partial charge < -0.3 is 0 Å². The highest BCUT2D eigenvalue weighted by atomic mass is 32.2. The lowest BCUT2D eigenvalue weighted by molar-refractivity contribution is 0.200. The van der Waals surface area contributed by atoms with Crippen LogP contribution >= 0.6 is 0 Å². The molecule has 0 bridgehead atoms. The van der Waals surface area contributed by atoms with Crippen molar-refractivity contribution in [1.82, 2.24) is 9.62 Å². The molecule has 0 atom stereocenters. The second-order valence-electron chi connectivity index (χ2n) is 6.47. The summed E-state index contributed by atoms with van der Waals surface area (Å²) < 4.78 is 80.0. The van der Waals surface area contributed by atoms with Gasteiger partial charge in [0.15, 0.2) is 17.5 Å². The molecule has 9 heteroatoms. The van der Waals surface area contributed by atoms with Crippen LogP contribution in [-0.2, 0) is 16.6 Å². The summed E-state index contributed by atoms with van der Waals surface area (Å²) >= 11 is 0. The largest absolute Gasteiger partial charge is 0.299 e. The summed E-state index contributed by atoms with van der Waals surface area (Å²) in [4.78, 5) is 1.19. The van der Waals surface area contributed by atoms with Crippen LogP contribution in [0.25, 0.3) is 0 Å². The quantitative estimate of drug-likeness (QED) is 0.617. The van der Waals surface area contributed by atoms with Gasteiger partial charge in [-0.2, -0.15) is 0 Å². The average molecular weight is 402 g/mol. The van der Waals surface area contributed by atoms with Crippen LogP contribution in [0.15, 0.2) is 41.3 Å². The third-order valence-electron chi connectivity index (χ3n) is 4.52. The highest BCUT2D eigenvalue weighted by Gasteiger charge is 2.28. The first-order chi connectivity index (χ1) is 12.8. The zero-order valence-electron chi connectivity index (χ0n) is 14.3. The van der Waals surface area contributed by atoms with Crippen LogP contribution in [0, 0.1) is 23.3 Å². The summed E-state index contributed by atoms with van der Waals surface area (Å²) in [5.41, 5.74) is 0.944. The third kappa shape index (κ3) is 4.66. The van der Waals surface area contributed by atoms with E-state index in [-0.39, 0.29) is 5.82 Å². The number of rotatable bonds is 5. The Balaban J connectivity index is 1.60. The van der Waals surface area contributed by atoms with E-state index in [2.05, 4.69) is 9.62 Å². The Morgan fingerprint density at radius 1 is 0.926 bits per heavy atom. The Hall–Kier alpha value is -1.97. The number of nitrogens with one attached hydrogen (secondary N) is 1. The first kappa shape index (κ1) is 19.8. The van der Waals surface area contributed by atoms with Crippen molar-refractivity contribution in [2.45, 2.75) is 30.3 Å². The molecule has 0 aliphatic carbocycles. The van der Waals surface area contributed by atoms with Gasteiger partial charge in [0.2, 0.25) is 10.0 Å². The number of hydrogen-bond donors (Lipinski definition) is 1. The van der Waals surface area contributed by atoms with E-state index in [1.807, 2.05) is 0 Å². The van der Waals surface area contributed by atoms with E-state index in [1.54, 1.807) is 12.1 Å². The molecule has 0 radical (unpaired) electrons. The fourth-order valence-electron chi connectivity index (χ4n) is 3.06. The standard InChI is InChI=1S/C18H18F4N2O2S/c19-13-3-1-12(2-4-13)11-24-9-7-14(8-10-24)23-27(25,26)16-6-5-15(20)17(21)18(16)22/h1-6,14,23H,7-11H2. The lowest BCUT2D eigenvalue weighted by Crippen LogP contribution is -2.44. The van der Waals surface area contributed by atoms with Crippen molar-refractivity contribution in [3.63, 3.8) is 0 Å². The molecule has 0 unspecified atom stereocenters. The maximum absolute atomic E-state index is 13.8. The van der Waals surface area contributed by atoms with E-state index in [4.69, 9.17) is 0 Å². The number of hydrogen-bond acceptors (Lipinski definition) is 3. The number of piperidine rings is 1. The third-order valence-corrected chi connectivity index (χ3v) is 6.06. The maximum atomic E-state index is 13.8. The van der Waals surface area contributed by atoms with Gasteiger partial charge in [-0.1, -0.05) is 12.1 Å². The van der Waals surface area contributed by atoms with Crippen LogP contribution in [-0.4, -0.2) is 32.4 Å². The first-order valence-electron chi connectivity index (χ1n) is 8.39. The molecule has 1 aliphatic rings. The fraction of sp³-hybridized carbons (Fsp3) is 0.333. The van der Waals surface area contributed by atoms with Gasteiger partial charge in [0.25, 0.3) is 0 Å². The van der Waals surface area contributed by atoms with Gasteiger partial charge in [0.1, 0.15) is 10.7 Å². The second-order valence-corrected chi connectivity index (χ2v) is 8.15. The number of halogens is 4. The Labute approximate surface area is 154 Å². The molecule has 0 amide bonds. The maximum Gasteiger partial charge on any atom is 0.243 e. The number of nitrogens with zero attached hydrogens (tertiary/aromatic N) is 1. The van der Waals surface area contributed by atoms with E-state index in [0.29, 0.717) is 44.6 Å². The second kappa shape index (κ2) is 7.95. The molecule has 2 aromatic carbocycles. The van der Waals surface area contributed by atoms with Crippen LogP contribution in [0.2, 0.25) is 0 Å². The van der Waals surface area contributed by atoms with Crippen molar-refractivity contribution in [3.8, 4) is 0 Å². The van der Waals surface area contributed by atoms with Gasteiger partial charge in [-0.3, -0.25) is 4.90 Å². The minimum atomic E-state index is -4.30. The van der Waals surface area contributed by atoms with Crippen molar-refractivity contribution in [3.05, 3.63) is 65.2 Å². The minimum absolute atomic E-state index is 0.309. The molecule has 27 heavy (non-hydrogen) atoms. The monoisotopic (exact) mass is 402 g/mol. The van der Waals surface area contributed by atoms with Crippen molar-refractivity contribution >= 4 is 10.0 Å². The van der Waals surface area contributed by atoms with Crippen molar-refractivity contribution in [2.24, 2.45) is 0 Å². The number of likely N-dealkylation sites (tertiary alicyclic amines) is 1. The van der Waals surface area contributed by atoms with Crippen LogP contribution in [0.5, 0.6) is 0 Å². The van der Waals surface area contributed by atoms with E-state index in [9.17, 15) is 26.0 Å². The number of benzene rings is 2. The van der Waals surface area contributed by atoms with Gasteiger partial charge in [0.05, 0.1) is 0 Å². The van der Waals surface area contributed by atoms with Crippen LogP contribution in [0.3, 0.4) is 0 Å². The Morgan fingerprint density at radius 2 is 1.56 bits per heavy atom. The van der Waals surface area contributed by atoms with Crippen LogP contribution in [0.1, 0.15) is 18.4 Å². The minimum Gasteiger partial charge on any atom is -0.299 e. The fourth-order valence-corrected chi connectivity index (χ4v) is 4.43. The van der Waals surface area contributed by atoms with Gasteiger partial charge in [-0.15, -0.1) is 0 Å². The molecule has 1 aliphatic heterocycles. The van der Waals surface area contributed by atoms with E-state index < -0.39 is 38.4 Å². The average Bonchev–Trinajstić information content (AvgIpc) is 2.63. The summed E-state index contributed by atoms with van der Waals surface area (Å²) in [6, 6.07) is 7.00. The molecular weight excluding hydrogens is 384 g/mol. The van der Waals surface area contributed by atoms with Crippen molar-refractivity contribution in [2.75, 3.05) is 13.1 Å².